The molecule has 7 atom stereocenters. The van der Waals surface area contributed by atoms with Crippen molar-refractivity contribution in [3.63, 3.8) is 0 Å². The van der Waals surface area contributed by atoms with Crippen molar-refractivity contribution in [1.29, 1.82) is 0 Å². The maximum Gasteiger partial charge on any atom is 0.155 e. The molecule has 3 saturated carbocycles. The molecule has 1 heterocycles. The van der Waals surface area contributed by atoms with Crippen LogP contribution in [0, 0.1) is 23.2 Å². The average Bonchev–Trinajstić information content (AvgIpc) is 2.73. The van der Waals surface area contributed by atoms with Crippen molar-refractivity contribution >= 4 is 5.78 Å². The molecule has 0 aromatic carbocycles. The molecular weight excluding hydrogens is 264 g/mol. The fourth-order valence-electron chi connectivity index (χ4n) is 6.63. The standard InChI is InChI=1S/C18H24O3/c1-17-4-3-13-16-14(17)8-12(9-17)21-15(16)7-10-6-11(19)2-5-18(10,13)20/h6,12-16,20H,2-5,7-9H2,1H3/t12-,13+,14+,15-,16-,17-,18-/m1/s1. The molecule has 4 fully saturated rings. The molecule has 2 bridgehead atoms. The van der Waals surface area contributed by atoms with E-state index in [0.29, 0.717) is 36.2 Å². The third-order valence-electron chi connectivity index (χ3n) is 7.54. The summed E-state index contributed by atoms with van der Waals surface area (Å²) in [4.78, 5) is 11.8. The molecule has 0 spiro atoms. The molecule has 5 aliphatic rings. The fraction of sp³-hybridized carbons (Fsp3) is 0.833. The average molecular weight is 288 g/mol. The van der Waals surface area contributed by atoms with E-state index in [9.17, 15) is 9.90 Å². The van der Waals surface area contributed by atoms with Gasteiger partial charge in [-0.2, -0.15) is 0 Å². The van der Waals surface area contributed by atoms with E-state index in [1.165, 1.54) is 19.3 Å². The summed E-state index contributed by atoms with van der Waals surface area (Å²) in [6.45, 7) is 2.44. The summed E-state index contributed by atoms with van der Waals surface area (Å²) in [7, 11) is 0. The molecule has 1 aliphatic heterocycles. The molecule has 5 rings (SSSR count). The van der Waals surface area contributed by atoms with E-state index >= 15 is 0 Å². The van der Waals surface area contributed by atoms with Gasteiger partial charge in [-0.1, -0.05) is 6.92 Å². The van der Waals surface area contributed by atoms with Crippen LogP contribution in [0.3, 0.4) is 0 Å². The lowest BCUT2D eigenvalue weighted by Crippen LogP contribution is -2.60. The lowest BCUT2D eigenvalue weighted by atomic mass is 9.50. The van der Waals surface area contributed by atoms with Crippen molar-refractivity contribution in [1.82, 2.24) is 0 Å². The van der Waals surface area contributed by atoms with Gasteiger partial charge in [0, 0.05) is 6.42 Å². The van der Waals surface area contributed by atoms with Gasteiger partial charge in [0.25, 0.3) is 0 Å². The zero-order chi connectivity index (χ0) is 14.4. The number of ether oxygens (including phenoxy) is 1. The highest BCUT2D eigenvalue weighted by atomic mass is 16.5. The SMILES string of the molecule is C[C@]12CC[C@H]3[C@H]4[C@@H](CC5=CC(=O)CC[C@@]53O)O[C@H](C[C@@H]41)C2. The number of fused-ring (bicyclic) bond motifs is 3. The lowest BCUT2D eigenvalue weighted by molar-refractivity contribution is -0.177. The van der Waals surface area contributed by atoms with E-state index in [0.717, 1.165) is 24.3 Å². The second-order valence-corrected chi connectivity index (χ2v) is 8.48. The van der Waals surface area contributed by atoms with Crippen molar-refractivity contribution in [3.05, 3.63) is 11.6 Å². The van der Waals surface area contributed by atoms with Gasteiger partial charge in [-0.25, -0.2) is 0 Å². The summed E-state index contributed by atoms with van der Waals surface area (Å²) in [6.07, 6.45) is 9.07. The molecule has 0 unspecified atom stereocenters. The number of hydrogen-bond donors (Lipinski definition) is 1. The van der Waals surface area contributed by atoms with Crippen LogP contribution in [0.4, 0.5) is 0 Å². The topological polar surface area (TPSA) is 46.5 Å². The van der Waals surface area contributed by atoms with Crippen molar-refractivity contribution in [2.75, 3.05) is 0 Å². The quantitative estimate of drug-likeness (QED) is 0.745. The van der Waals surface area contributed by atoms with Gasteiger partial charge in [0.15, 0.2) is 5.78 Å². The maximum absolute atomic E-state index is 11.8. The Balaban J connectivity index is 1.62. The molecule has 4 aliphatic carbocycles. The summed E-state index contributed by atoms with van der Waals surface area (Å²) in [5.41, 5.74) is 0.701. The molecule has 0 amide bonds. The van der Waals surface area contributed by atoms with Gasteiger partial charge in [-0.15, -0.1) is 0 Å². The monoisotopic (exact) mass is 288 g/mol. The predicted molar refractivity (Wildman–Crippen MR) is 77.6 cm³/mol. The Labute approximate surface area is 125 Å². The van der Waals surface area contributed by atoms with Crippen molar-refractivity contribution in [2.45, 2.75) is 69.7 Å². The van der Waals surface area contributed by atoms with Crippen LogP contribution >= 0.6 is 0 Å². The number of rotatable bonds is 0. The van der Waals surface area contributed by atoms with E-state index in [1.54, 1.807) is 6.08 Å². The van der Waals surface area contributed by atoms with E-state index in [1.807, 2.05) is 0 Å². The van der Waals surface area contributed by atoms with Gasteiger partial charge >= 0.3 is 0 Å². The summed E-state index contributed by atoms with van der Waals surface area (Å²) >= 11 is 0. The van der Waals surface area contributed by atoms with E-state index in [2.05, 4.69) is 6.92 Å². The molecule has 0 aromatic heterocycles. The summed E-state index contributed by atoms with van der Waals surface area (Å²) < 4.78 is 6.39. The van der Waals surface area contributed by atoms with Crippen LogP contribution in [0.2, 0.25) is 0 Å². The van der Waals surface area contributed by atoms with Gasteiger partial charge in [0.05, 0.1) is 17.8 Å². The molecule has 0 aromatic rings. The van der Waals surface area contributed by atoms with Crippen LogP contribution < -0.4 is 0 Å². The lowest BCUT2D eigenvalue weighted by Gasteiger charge is -2.58. The van der Waals surface area contributed by atoms with Gasteiger partial charge < -0.3 is 9.84 Å². The summed E-state index contributed by atoms with van der Waals surface area (Å²) in [5, 5.41) is 11.4. The Bertz CT molecular complexity index is 553. The largest absolute Gasteiger partial charge is 0.385 e. The Kier molecular flexibility index (Phi) is 2.32. The zero-order valence-electron chi connectivity index (χ0n) is 12.7. The first-order valence-corrected chi connectivity index (χ1v) is 8.61. The fourth-order valence-corrected chi connectivity index (χ4v) is 6.63. The van der Waals surface area contributed by atoms with Crippen LogP contribution in [-0.2, 0) is 9.53 Å². The number of carbonyl (C=O) groups excluding carboxylic acids is 1. The highest BCUT2D eigenvalue weighted by Gasteiger charge is 2.64. The molecule has 0 radical (unpaired) electrons. The van der Waals surface area contributed by atoms with Gasteiger partial charge in [-0.05, 0) is 73.3 Å². The molecule has 21 heavy (non-hydrogen) atoms. The molecule has 1 N–H and O–H groups in total. The Morgan fingerprint density at radius 1 is 1.33 bits per heavy atom. The number of hydrogen-bond acceptors (Lipinski definition) is 3. The third-order valence-corrected chi connectivity index (χ3v) is 7.54. The van der Waals surface area contributed by atoms with Crippen LogP contribution in [0.25, 0.3) is 0 Å². The number of aliphatic hydroxyl groups is 1. The molecule has 3 heteroatoms. The summed E-state index contributed by atoms with van der Waals surface area (Å²) in [6, 6.07) is 0. The highest BCUT2D eigenvalue weighted by molar-refractivity contribution is 5.92. The Morgan fingerprint density at radius 2 is 2.19 bits per heavy atom. The number of ketones is 1. The summed E-state index contributed by atoms with van der Waals surface area (Å²) in [5.74, 6) is 1.74. The van der Waals surface area contributed by atoms with E-state index in [-0.39, 0.29) is 11.9 Å². The van der Waals surface area contributed by atoms with Gasteiger partial charge in [-0.3, -0.25) is 4.79 Å². The van der Waals surface area contributed by atoms with Crippen LogP contribution in [0.5, 0.6) is 0 Å². The second-order valence-electron chi connectivity index (χ2n) is 8.48. The first-order chi connectivity index (χ1) is 9.99. The van der Waals surface area contributed by atoms with Crippen LogP contribution in [0.1, 0.15) is 51.9 Å². The van der Waals surface area contributed by atoms with Gasteiger partial charge in [0.2, 0.25) is 0 Å². The minimum atomic E-state index is -0.713. The Hall–Kier alpha value is -0.670. The normalized spacial score (nSPS) is 57.7. The van der Waals surface area contributed by atoms with E-state index < -0.39 is 5.60 Å². The molecule has 1 saturated heterocycles. The maximum atomic E-state index is 11.8. The predicted octanol–water partition coefficient (Wildman–Crippen LogP) is 2.62. The Morgan fingerprint density at radius 3 is 3.05 bits per heavy atom. The van der Waals surface area contributed by atoms with Crippen LogP contribution in [0.15, 0.2) is 11.6 Å². The third kappa shape index (κ3) is 1.49. The first-order valence-electron chi connectivity index (χ1n) is 8.61. The second kappa shape index (κ2) is 3.80. The van der Waals surface area contributed by atoms with Gasteiger partial charge in [0.1, 0.15) is 0 Å². The van der Waals surface area contributed by atoms with Crippen molar-refractivity contribution in [2.24, 2.45) is 23.2 Å². The molecule has 114 valence electrons. The first kappa shape index (κ1) is 12.8. The van der Waals surface area contributed by atoms with E-state index in [4.69, 9.17) is 4.74 Å². The smallest absolute Gasteiger partial charge is 0.155 e. The van der Waals surface area contributed by atoms with Crippen LogP contribution in [-0.4, -0.2) is 28.7 Å². The number of carbonyl (C=O) groups is 1. The molecular formula is C18H24O3. The molecule has 3 nitrogen and oxygen atoms in total. The zero-order valence-corrected chi connectivity index (χ0v) is 12.7. The minimum absolute atomic E-state index is 0.188. The minimum Gasteiger partial charge on any atom is -0.385 e. The highest BCUT2D eigenvalue weighted by Crippen LogP contribution is 2.66. The van der Waals surface area contributed by atoms with Crippen molar-refractivity contribution < 1.29 is 14.6 Å². The van der Waals surface area contributed by atoms with Crippen molar-refractivity contribution in [3.8, 4) is 0 Å².